The number of benzene rings is 1. The van der Waals surface area contributed by atoms with Crippen LogP contribution in [-0.2, 0) is 6.54 Å². The summed E-state index contributed by atoms with van der Waals surface area (Å²) in [5.74, 6) is 0.720. The number of ether oxygens (including phenoxy) is 1. The summed E-state index contributed by atoms with van der Waals surface area (Å²) in [6, 6.07) is 9.39. The van der Waals surface area contributed by atoms with Crippen molar-refractivity contribution in [2.75, 3.05) is 7.11 Å². The summed E-state index contributed by atoms with van der Waals surface area (Å²) in [4.78, 5) is 16.6. The van der Waals surface area contributed by atoms with Crippen LogP contribution in [0.3, 0.4) is 0 Å². The Morgan fingerprint density at radius 1 is 1.32 bits per heavy atom. The zero-order valence-electron chi connectivity index (χ0n) is 11.9. The van der Waals surface area contributed by atoms with E-state index in [2.05, 4.69) is 4.98 Å². The van der Waals surface area contributed by atoms with Crippen LogP contribution in [0.25, 0.3) is 11.0 Å². The Balaban J connectivity index is 1.61. The zero-order valence-corrected chi connectivity index (χ0v) is 12.9. The molecule has 1 atom stereocenters. The van der Waals surface area contributed by atoms with E-state index in [-0.39, 0.29) is 14.6 Å². The predicted molar refractivity (Wildman–Crippen MR) is 84.8 cm³/mol. The number of hydrogen-bond acceptors (Lipinski definition) is 4. The summed E-state index contributed by atoms with van der Waals surface area (Å²) in [6.45, 7) is 0.603. The third-order valence-corrected chi connectivity index (χ3v) is 4.78. The lowest BCUT2D eigenvalue weighted by Crippen LogP contribution is -2.16. The van der Waals surface area contributed by atoms with Gasteiger partial charge in [-0.05, 0) is 29.8 Å². The lowest BCUT2D eigenvalue weighted by Gasteiger charge is -2.12. The first kappa shape index (κ1) is 13.3. The van der Waals surface area contributed by atoms with E-state index in [1.165, 1.54) is 0 Å². The number of fused-ring (bicyclic) bond motifs is 2. The summed E-state index contributed by atoms with van der Waals surface area (Å²) in [5.41, 5.74) is 3.32. The largest absolute Gasteiger partial charge is 0.497 e. The third kappa shape index (κ3) is 2.14. The number of carbonyl (C=O) groups excluding carboxylic acids is 1. The summed E-state index contributed by atoms with van der Waals surface area (Å²) in [5, 5.41) is 0.954. The first-order valence-electron chi connectivity index (χ1n) is 6.83. The molecular formula is C16H13N2O3P. The van der Waals surface area contributed by atoms with Crippen LogP contribution in [0.5, 0.6) is 5.75 Å². The molecule has 0 bridgehead atoms. The second kappa shape index (κ2) is 5.11. The van der Waals surface area contributed by atoms with E-state index in [4.69, 9.17) is 9.15 Å². The quantitative estimate of drug-likeness (QED) is 0.698. The Bertz CT molecular complexity index is 842. The summed E-state index contributed by atoms with van der Waals surface area (Å²) >= 11 is 0. The minimum atomic E-state index is 0.0193. The third-order valence-electron chi connectivity index (χ3n) is 3.68. The number of aromatic nitrogens is 1. The first-order valence-corrected chi connectivity index (χ1v) is 7.78. The molecule has 3 aromatic rings. The molecule has 1 aliphatic rings. The number of hydrogen-bond donors (Lipinski definition) is 0. The fraction of sp³-hybridized carbons (Fsp3) is 0.125. The Morgan fingerprint density at radius 2 is 2.23 bits per heavy atom. The highest BCUT2D eigenvalue weighted by atomic mass is 31.1. The minimum absolute atomic E-state index is 0.0193. The average molecular weight is 312 g/mol. The van der Waals surface area contributed by atoms with Gasteiger partial charge in [0.15, 0.2) is 0 Å². The van der Waals surface area contributed by atoms with Gasteiger partial charge in [0.1, 0.15) is 16.8 Å². The molecule has 2 aromatic heterocycles. The molecule has 22 heavy (non-hydrogen) atoms. The summed E-state index contributed by atoms with van der Waals surface area (Å²) in [7, 11) is 1.76. The maximum absolute atomic E-state index is 12.5. The van der Waals surface area contributed by atoms with Crippen molar-refractivity contribution in [3.63, 3.8) is 0 Å². The molecule has 0 saturated heterocycles. The van der Waals surface area contributed by atoms with Crippen molar-refractivity contribution in [3.8, 4) is 5.75 Å². The molecule has 1 aliphatic heterocycles. The molecule has 0 spiro atoms. The van der Waals surface area contributed by atoms with Crippen molar-refractivity contribution in [3.05, 3.63) is 53.9 Å². The summed E-state index contributed by atoms with van der Waals surface area (Å²) in [6.07, 6.45) is 3.46. The number of rotatable bonds is 3. The highest BCUT2D eigenvalue weighted by Gasteiger charge is 2.28. The molecular weight excluding hydrogens is 299 g/mol. The zero-order chi connectivity index (χ0) is 15.1. The van der Waals surface area contributed by atoms with Gasteiger partial charge in [-0.2, -0.15) is 0 Å². The number of furan rings is 1. The van der Waals surface area contributed by atoms with Crippen LogP contribution >= 0.6 is 8.73 Å². The van der Waals surface area contributed by atoms with E-state index >= 15 is 0 Å². The van der Waals surface area contributed by atoms with Crippen molar-refractivity contribution in [2.24, 2.45) is 0 Å². The first-order chi connectivity index (χ1) is 10.7. The van der Waals surface area contributed by atoms with E-state index in [9.17, 15) is 4.79 Å². The average Bonchev–Trinajstić information content (AvgIpc) is 3.08. The van der Waals surface area contributed by atoms with Crippen LogP contribution in [-0.4, -0.2) is 22.7 Å². The number of amides is 1. The smallest absolute Gasteiger partial charge is 0.258 e. The number of carbonyl (C=O) groups is 1. The second-order valence-corrected chi connectivity index (χ2v) is 6.31. The second-order valence-electron chi connectivity index (χ2n) is 5.05. The monoisotopic (exact) mass is 312 g/mol. The Hall–Kier alpha value is -2.39. The topological polar surface area (TPSA) is 55.6 Å². The molecule has 0 radical (unpaired) electrons. The molecule has 0 saturated carbocycles. The minimum Gasteiger partial charge on any atom is -0.497 e. The maximum atomic E-state index is 12.5. The van der Waals surface area contributed by atoms with Crippen molar-refractivity contribution in [2.45, 2.75) is 6.54 Å². The maximum Gasteiger partial charge on any atom is 0.258 e. The Kier molecular flexibility index (Phi) is 3.09. The van der Waals surface area contributed by atoms with Crippen LogP contribution in [0.2, 0.25) is 0 Å². The molecule has 0 fully saturated rings. The van der Waals surface area contributed by atoms with Gasteiger partial charge >= 0.3 is 0 Å². The normalized spacial score (nSPS) is 14.2. The van der Waals surface area contributed by atoms with Crippen LogP contribution in [0.4, 0.5) is 0 Å². The number of pyridine rings is 1. The standard InChI is InChI=1S/C16H13N2O3P/c1-20-12-3-2-10-9-18(16(19)13(10)7-12)22-15-6-11-8-17-5-4-14(11)21-15/h2-8,22H,9H2,1H3. The lowest BCUT2D eigenvalue weighted by molar-refractivity contribution is 0.0886. The fourth-order valence-corrected chi connectivity index (χ4v) is 3.68. The van der Waals surface area contributed by atoms with Crippen LogP contribution in [0, 0.1) is 0 Å². The van der Waals surface area contributed by atoms with Crippen LogP contribution in [0.15, 0.2) is 47.1 Å². The van der Waals surface area contributed by atoms with Crippen LogP contribution < -0.4 is 10.2 Å². The SMILES string of the molecule is COc1ccc2c(c1)C(=O)N(Pc1cc3cnccc3o1)C2. The van der Waals surface area contributed by atoms with E-state index in [1.807, 2.05) is 24.3 Å². The van der Waals surface area contributed by atoms with E-state index < -0.39 is 0 Å². The highest BCUT2D eigenvalue weighted by Crippen LogP contribution is 2.34. The molecule has 3 heterocycles. The van der Waals surface area contributed by atoms with Gasteiger partial charge in [-0.15, -0.1) is 0 Å². The molecule has 110 valence electrons. The molecule has 4 rings (SSSR count). The molecule has 5 nitrogen and oxygen atoms in total. The van der Waals surface area contributed by atoms with E-state index in [0.717, 1.165) is 22.0 Å². The molecule has 0 N–H and O–H groups in total. The van der Waals surface area contributed by atoms with Gasteiger partial charge in [-0.3, -0.25) is 9.78 Å². The van der Waals surface area contributed by atoms with Gasteiger partial charge in [0, 0.05) is 32.1 Å². The molecule has 1 aromatic carbocycles. The van der Waals surface area contributed by atoms with Crippen molar-refractivity contribution >= 4 is 31.1 Å². The van der Waals surface area contributed by atoms with Crippen LogP contribution in [0.1, 0.15) is 15.9 Å². The van der Waals surface area contributed by atoms with E-state index in [0.29, 0.717) is 17.9 Å². The van der Waals surface area contributed by atoms with Gasteiger partial charge in [-0.1, -0.05) is 6.07 Å². The Morgan fingerprint density at radius 3 is 3.05 bits per heavy atom. The van der Waals surface area contributed by atoms with Gasteiger partial charge in [0.05, 0.1) is 13.7 Å². The van der Waals surface area contributed by atoms with Gasteiger partial charge in [0.2, 0.25) is 0 Å². The van der Waals surface area contributed by atoms with Crippen molar-refractivity contribution < 1.29 is 13.9 Å². The number of methoxy groups -OCH3 is 1. The van der Waals surface area contributed by atoms with E-state index in [1.54, 1.807) is 30.2 Å². The van der Waals surface area contributed by atoms with Crippen molar-refractivity contribution in [1.29, 1.82) is 0 Å². The summed E-state index contributed by atoms with van der Waals surface area (Å²) < 4.78 is 12.8. The highest BCUT2D eigenvalue weighted by molar-refractivity contribution is 7.45. The Labute approximate surface area is 128 Å². The number of nitrogens with zero attached hydrogens (tertiary/aromatic N) is 2. The lowest BCUT2D eigenvalue weighted by atomic mass is 10.1. The fourth-order valence-electron chi connectivity index (χ4n) is 2.57. The molecule has 1 amide bonds. The molecule has 0 aliphatic carbocycles. The molecule has 6 heteroatoms. The van der Waals surface area contributed by atoms with Gasteiger partial charge < -0.3 is 13.8 Å². The van der Waals surface area contributed by atoms with Gasteiger partial charge in [-0.25, -0.2) is 0 Å². The molecule has 1 unspecified atom stereocenters. The van der Waals surface area contributed by atoms with Crippen molar-refractivity contribution in [1.82, 2.24) is 9.65 Å². The predicted octanol–water partition coefficient (Wildman–Crippen LogP) is 2.71. The van der Waals surface area contributed by atoms with Gasteiger partial charge in [0.25, 0.3) is 5.91 Å².